The van der Waals surface area contributed by atoms with Crippen LogP contribution < -0.4 is 14.8 Å². The highest BCUT2D eigenvalue weighted by Gasteiger charge is 2.10. The maximum atomic E-state index is 6.08. The fourth-order valence-corrected chi connectivity index (χ4v) is 3.47. The zero-order chi connectivity index (χ0) is 21.6. The lowest BCUT2D eigenvalue weighted by Crippen LogP contribution is -2.12. The van der Waals surface area contributed by atoms with Crippen molar-refractivity contribution in [3.63, 3.8) is 0 Å². The van der Waals surface area contributed by atoms with Crippen LogP contribution in [0.25, 0.3) is 22.4 Å². The van der Waals surface area contributed by atoms with E-state index in [0.717, 1.165) is 39.6 Å². The number of benzene rings is 2. The van der Waals surface area contributed by atoms with Gasteiger partial charge >= 0.3 is 0 Å². The van der Waals surface area contributed by atoms with E-state index < -0.39 is 0 Å². The Labute approximate surface area is 186 Å². The van der Waals surface area contributed by atoms with Crippen LogP contribution >= 0.6 is 0 Å². The number of ether oxygens (including phenoxy) is 3. The van der Waals surface area contributed by atoms with E-state index in [1.54, 1.807) is 18.6 Å². The smallest absolute Gasteiger partial charge is 0.227 e. The van der Waals surface area contributed by atoms with Crippen LogP contribution in [0, 0.1) is 0 Å². The fraction of sp³-hybridized carbons (Fsp3) is 0.160. The lowest BCUT2D eigenvalue weighted by molar-refractivity contribution is 0.0766. The van der Waals surface area contributed by atoms with E-state index in [0.29, 0.717) is 32.4 Å². The van der Waals surface area contributed by atoms with Gasteiger partial charge < -0.3 is 19.5 Å². The van der Waals surface area contributed by atoms with E-state index >= 15 is 0 Å². The molecule has 1 N–H and O–H groups in total. The second-order valence-electron chi connectivity index (χ2n) is 7.17. The van der Waals surface area contributed by atoms with E-state index in [4.69, 9.17) is 14.2 Å². The molecule has 3 heterocycles. The summed E-state index contributed by atoms with van der Waals surface area (Å²) >= 11 is 0. The summed E-state index contributed by atoms with van der Waals surface area (Å²) in [4.78, 5) is 13.2. The van der Waals surface area contributed by atoms with Gasteiger partial charge in [0.25, 0.3) is 0 Å². The quantitative estimate of drug-likeness (QED) is 0.471. The molecule has 160 valence electrons. The molecule has 1 aliphatic rings. The number of rotatable bonds is 1. The monoisotopic (exact) mass is 426 g/mol. The number of nitrogens with one attached hydrogen (secondary N) is 1. The van der Waals surface area contributed by atoms with Crippen molar-refractivity contribution in [3.8, 4) is 33.9 Å². The third kappa shape index (κ3) is 4.68. The van der Waals surface area contributed by atoms with Gasteiger partial charge in [-0.15, -0.1) is 0 Å². The molecule has 0 aliphatic carbocycles. The summed E-state index contributed by atoms with van der Waals surface area (Å²) in [5, 5.41) is 3.29. The van der Waals surface area contributed by atoms with Gasteiger partial charge in [-0.25, -0.2) is 9.97 Å². The number of anilines is 2. The molecule has 0 radical (unpaired) electrons. The predicted octanol–water partition coefficient (Wildman–Crippen LogP) is 4.74. The Morgan fingerprint density at radius 2 is 1.62 bits per heavy atom. The second-order valence-corrected chi connectivity index (χ2v) is 7.17. The van der Waals surface area contributed by atoms with Gasteiger partial charge in [-0.1, -0.05) is 12.1 Å². The third-order valence-electron chi connectivity index (χ3n) is 5.00. The van der Waals surface area contributed by atoms with Crippen molar-refractivity contribution in [1.29, 1.82) is 0 Å². The molecule has 6 bridgehead atoms. The van der Waals surface area contributed by atoms with E-state index in [2.05, 4.69) is 20.3 Å². The maximum Gasteiger partial charge on any atom is 0.227 e. The fourth-order valence-electron chi connectivity index (χ4n) is 3.47. The summed E-state index contributed by atoms with van der Waals surface area (Å²) in [7, 11) is 0. The van der Waals surface area contributed by atoms with Crippen molar-refractivity contribution in [2.24, 2.45) is 0 Å². The Kier molecular flexibility index (Phi) is 5.89. The molecule has 1 aliphatic heterocycles. The van der Waals surface area contributed by atoms with Gasteiger partial charge in [-0.3, -0.25) is 4.98 Å². The van der Waals surface area contributed by atoms with Gasteiger partial charge in [0.05, 0.1) is 18.9 Å². The zero-order valence-corrected chi connectivity index (χ0v) is 17.4. The molecule has 0 atom stereocenters. The summed E-state index contributed by atoms with van der Waals surface area (Å²) < 4.78 is 17.6. The highest BCUT2D eigenvalue weighted by Crippen LogP contribution is 2.33. The normalized spacial score (nSPS) is 13.8. The number of hydrogen-bond donors (Lipinski definition) is 1. The Morgan fingerprint density at radius 3 is 2.53 bits per heavy atom. The minimum Gasteiger partial charge on any atom is -0.491 e. The number of hydrogen-bond acceptors (Lipinski definition) is 7. The minimum atomic E-state index is 0.420. The van der Waals surface area contributed by atoms with Crippen molar-refractivity contribution in [1.82, 2.24) is 15.0 Å². The molecular weight excluding hydrogens is 404 g/mol. The van der Waals surface area contributed by atoms with Gasteiger partial charge in [-0.2, -0.15) is 0 Å². The van der Waals surface area contributed by atoms with Gasteiger partial charge in [-0.05, 0) is 48.0 Å². The van der Waals surface area contributed by atoms with Crippen molar-refractivity contribution in [3.05, 3.63) is 79.3 Å². The number of nitrogens with zero attached hydrogens (tertiary/aromatic N) is 3. The molecule has 0 spiro atoms. The summed E-state index contributed by atoms with van der Waals surface area (Å²) in [6, 6.07) is 19.6. The Bertz CT molecular complexity index is 1200. The summed E-state index contributed by atoms with van der Waals surface area (Å²) in [6.07, 6.45) is 5.27. The average Bonchev–Trinajstić information content (AvgIpc) is 2.84. The molecule has 7 heteroatoms. The Morgan fingerprint density at radius 1 is 0.750 bits per heavy atom. The van der Waals surface area contributed by atoms with Crippen LogP contribution in [-0.2, 0) is 4.74 Å². The Balaban J connectivity index is 1.51. The molecule has 5 rings (SSSR count). The molecule has 0 amide bonds. The van der Waals surface area contributed by atoms with Crippen LogP contribution in [0.5, 0.6) is 11.5 Å². The van der Waals surface area contributed by atoms with Crippen molar-refractivity contribution >= 4 is 11.6 Å². The summed E-state index contributed by atoms with van der Waals surface area (Å²) in [6.45, 7) is 1.81. The molecule has 0 fully saturated rings. The van der Waals surface area contributed by atoms with Crippen LogP contribution in [0.4, 0.5) is 11.6 Å². The van der Waals surface area contributed by atoms with Gasteiger partial charge in [0.2, 0.25) is 5.95 Å². The molecule has 0 unspecified atom stereocenters. The van der Waals surface area contributed by atoms with Gasteiger partial charge in [0, 0.05) is 41.5 Å². The lowest BCUT2D eigenvalue weighted by Gasteiger charge is -2.14. The zero-order valence-electron chi connectivity index (χ0n) is 17.4. The molecule has 2 aromatic heterocycles. The predicted molar refractivity (Wildman–Crippen MR) is 122 cm³/mol. The standard InChI is InChI=1S/C25H22N4O3/c1-2-19-16-21(3-1)31-14-12-30-13-15-32-24-17-20(28-25-27-11-8-23(19)29-25)4-5-22(24)18-6-9-26-10-7-18/h1-11,16-17H,12-15H2,(H,27,28,29). The van der Waals surface area contributed by atoms with Crippen LogP contribution in [0.1, 0.15) is 0 Å². The highest BCUT2D eigenvalue weighted by molar-refractivity contribution is 5.74. The molecule has 7 nitrogen and oxygen atoms in total. The van der Waals surface area contributed by atoms with Crippen LogP contribution in [0.3, 0.4) is 0 Å². The summed E-state index contributed by atoms with van der Waals surface area (Å²) in [5.74, 6) is 2.02. The van der Waals surface area contributed by atoms with Crippen molar-refractivity contribution < 1.29 is 14.2 Å². The first-order valence-electron chi connectivity index (χ1n) is 10.4. The maximum absolute atomic E-state index is 6.08. The topological polar surface area (TPSA) is 78.4 Å². The first-order chi connectivity index (χ1) is 15.8. The molecule has 2 aromatic carbocycles. The van der Waals surface area contributed by atoms with E-state index in [-0.39, 0.29) is 0 Å². The van der Waals surface area contributed by atoms with Crippen LogP contribution in [0.2, 0.25) is 0 Å². The van der Waals surface area contributed by atoms with Gasteiger partial charge in [0.15, 0.2) is 0 Å². The van der Waals surface area contributed by atoms with E-state index in [9.17, 15) is 0 Å². The van der Waals surface area contributed by atoms with Crippen LogP contribution in [-0.4, -0.2) is 41.4 Å². The highest BCUT2D eigenvalue weighted by atomic mass is 16.5. The molecule has 4 aromatic rings. The second kappa shape index (κ2) is 9.45. The SMILES string of the molecule is c1cc2cc(c1)-c1ccnc(n1)Nc1ccc(-c3ccncc3)c(c1)OCCOCCO2. The van der Waals surface area contributed by atoms with Crippen molar-refractivity contribution in [2.75, 3.05) is 31.7 Å². The third-order valence-corrected chi connectivity index (χ3v) is 5.00. The summed E-state index contributed by atoms with van der Waals surface area (Å²) in [5.41, 5.74) is 4.59. The lowest BCUT2D eigenvalue weighted by atomic mass is 10.1. The van der Waals surface area contributed by atoms with E-state index in [1.807, 2.05) is 60.7 Å². The number of fused-ring (bicyclic) bond motifs is 7. The Hall–Kier alpha value is -3.97. The first kappa shape index (κ1) is 20.0. The van der Waals surface area contributed by atoms with Gasteiger partial charge in [0.1, 0.15) is 24.7 Å². The van der Waals surface area contributed by atoms with Crippen molar-refractivity contribution in [2.45, 2.75) is 0 Å². The molecular formula is C25H22N4O3. The number of aromatic nitrogens is 3. The number of pyridine rings is 1. The first-order valence-corrected chi connectivity index (χ1v) is 10.4. The average molecular weight is 426 g/mol. The van der Waals surface area contributed by atoms with Crippen LogP contribution in [0.15, 0.2) is 79.3 Å². The van der Waals surface area contributed by atoms with E-state index in [1.165, 1.54) is 0 Å². The molecule has 32 heavy (non-hydrogen) atoms. The largest absolute Gasteiger partial charge is 0.491 e. The molecule has 0 saturated carbocycles. The minimum absolute atomic E-state index is 0.420. The molecule has 0 saturated heterocycles.